The van der Waals surface area contributed by atoms with Gasteiger partial charge < -0.3 is 23.7 Å². The number of Topliss-reactive ketones (excluding diaryl/α,β-unsaturated/α-hetero) is 1. The van der Waals surface area contributed by atoms with E-state index in [1.165, 1.54) is 25.1 Å². The summed E-state index contributed by atoms with van der Waals surface area (Å²) in [5.74, 6) is -2.89. The van der Waals surface area contributed by atoms with Crippen molar-refractivity contribution in [2.75, 3.05) is 33.0 Å². The maximum absolute atomic E-state index is 14.3. The summed E-state index contributed by atoms with van der Waals surface area (Å²) in [6.45, 7) is 5.82. The zero-order chi connectivity index (χ0) is 38.5. The molecular weight excluding hydrogens is 700 g/mol. The number of benzene rings is 2. The minimum Gasteiger partial charge on any atom is -0.491 e. The van der Waals surface area contributed by atoms with Gasteiger partial charge in [-0.25, -0.2) is 4.39 Å². The van der Waals surface area contributed by atoms with Crippen molar-refractivity contribution in [3.8, 4) is 17.2 Å². The molecule has 2 saturated carbocycles. The van der Waals surface area contributed by atoms with E-state index < -0.39 is 23.3 Å². The maximum Gasteiger partial charge on any atom is 0.204 e. The maximum atomic E-state index is 14.3. The summed E-state index contributed by atoms with van der Waals surface area (Å²) in [5, 5.41) is 0. The number of unbranched alkanes of at least 4 members (excludes halogenated alkanes) is 8. The number of rotatable bonds is 26. The Labute approximate surface area is 321 Å². The topological polar surface area (TPSA) is 63.2 Å². The number of carbonyl (C=O) groups excluding carboxylic acids is 1. The Morgan fingerprint density at radius 3 is 1.39 bits per heavy atom. The fraction of sp³-hybridized carbons (Fsp3) is 0.705. The van der Waals surface area contributed by atoms with Crippen LogP contribution >= 0.6 is 0 Å². The highest BCUT2D eigenvalue weighted by Crippen LogP contribution is 2.32. The summed E-state index contributed by atoms with van der Waals surface area (Å²) in [6, 6.07) is 5.88. The molecule has 0 aromatic heterocycles. The molecule has 2 fully saturated rings. The first kappa shape index (κ1) is 43.9. The molecule has 0 saturated heterocycles. The monoisotopic (exact) mass is 764 g/mol. The van der Waals surface area contributed by atoms with Crippen LogP contribution in [0.1, 0.15) is 141 Å². The molecule has 304 valence electrons. The van der Waals surface area contributed by atoms with Crippen LogP contribution in [0.15, 0.2) is 24.3 Å². The molecule has 10 heteroatoms. The minimum atomic E-state index is -1.01. The van der Waals surface area contributed by atoms with Gasteiger partial charge in [0.2, 0.25) is 17.5 Å². The fourth-order valence-corrected chi connectivity index (χ4v) is 7.51. The number of ether oxygens (including phenoxy) is 5. The molecule has 2 aromatic carbocycles. The Bertz CT molecular complexity index is 1370. The average Bonchev–Trinajstić information content (AvgIpc) is 3.18. The van der Waals surface area contributed by atoms with Gasteiger partial charge in [0, 0.05) is 26.1 Å². The molecule has 2 aliphatic carbocycles. The Kier molecular flexibility index (Phi) is 20.0. The van der Waals surface area contributed by atoms with Crippen molar-refractivity contribution in [3.63, 3.8) is 0 Å². The second-order valence-corrected chi connectivity index (χ2v) is 15.4. The number of ketones is 1. The molecule has 2 aliphatic rings. The van der Waals surface area contributed by atoms with Gasteiger partial charge in [-0.2, -0.15) is 13.2 Å². The molecule has 0 bridgehead atoms. The zero-order valence-electron chi connectivity index (χ0n) is 32.8. The predicted octanol–water partition coefficient (Wildman–Crippen LogP) is 11.8. The quantitative estimate of drug-likeness (QED) is 0.0702. The van der Waals surface area contributed by atoms with E-state index in [1.54, 1.807) is 13.0 Å². The van der Waals surface area contributed by atoms with Gasteiger partial charge >= 0.3 is 0 Å². The SMILES string of the molecule is CCOc1ccc(OCC2CCC(OCCCCCCCC(=O)CCCCCCCOC3CCC(COc4ccc(C)c(F)c4F)CC3)CC2)c(F)c1F. The lowest BCUT2D eigenvalue weighted by Gasteiger charge is -2.28. The standard InChI is InChI=1S/C44H64F4O6/c1-3-50-38-26-27-40(44(48)43(38)47)54-31-34-19-23-37(24-20-34)52-29-13-9-5-7-11-15-35(49)14-10-6-4-8-12-28-51-36-21-17-33(18-22-36)30-53-39-25-16-32(2)41(45)42(39)46/h16,25-27,33-34,36-37H,3-15,17-24,28-31H2,1-2H3. The van der Waals surface area contributed by atoms with Crippen molar-refractivity contribution >= 4 is 5.78 Å². The molecule has 4 rings (SSSR count). The van der Waals surface area contributed by atoms with Gasteiger partial charge in [0.1, 0.15) is 5.78 Å². The van der Waals surface area contributed by atoms with Crippen molar-refractivity contribution < 1.29 is 46.0 Å². The molecule has 0 spiro atoms. The van der Waals surface area contributed by atoms with Gasteiger partial charge in [-0.05, 0) is 126 Å². The third kappa shape index (κ3) is 15.4. The van der Waals surface area contributed by atoms with Crippen LogP contribution in [0.4, 0.5) is 17.6 Å². The molecule has 0 aliphatic heterocycles. The lowest BCUT2D eigenvalue weighted by Crippen LogP contribution is -2.25. The van der Waals surface area contributed by atoms with Crippen molar-refractivity contribution in [3.05, 3.63) is 53.1 Å². The molecule has 2 aromatic rings. The highest BCUT2D eigenvalue weighted by atomic mass is 19.2. The molecule has 0 radical (unpaired) electrons. The second-order valence-electron chi connectivity index (χ2n) is 15.4. The average molecular weight is 765 g/mol. The Hall–Kier alpha value is -2.85. The summed E-state index contributed by atoms with van der Waals surface area (Å²) in [5.41, 5.74) is 0.280. The Balaban J connectivity index is 0.881. The van der Waals surface area contributed by atoms with E-state index in [0.717, 1.165) is 129 Å². The van der Waals surface area contributed by atoms with E-state index in [1.807, 2.05) is 0 Å². The first-order valence-corrected chi connectivity index (χ1v) is 20.8. The number of hydrogen-bond acceptors (Lipinski definition) is 6. The van der Waals surface area contributed by atoms with Crippen LogP contribution in [0.25, 0.3) is 0 Å². The van der Waals surface area contributed by atoms with E-state index in [9.17, 15) is 22.4 Å². The number of hydrogen-bond donors (Lipinski definition) is 0. The lowest BCUT2D eigenvalue weighted by atomic mass is 9.88. The normalized spacial score (nSPS) is 20.2. The van der Waals surface area contributed by atoms with Crippen molar-refractivity contribution in [2.45, 2.75) is 154 Å². The molecule has 6 nitrogen and oxygen atoms in total. The zero-order valence-corrected chi connectivity index (χ0v) is 32.8. The smallest absolute Gasteiger partial charge is 0.204 e. The van der Waals surface area contributed by atoms with Gasteiger partial charge in [-0.1, -0.05) is 44.6 Å². The van der Waals surface area contributed by atoms with E-state index in [4.69, 9.17) is 23.7 Å². The molecule has 54 heavy (non-hydrogen) atoms. The molecule has 0 unspecified atom stereocenters. The predicted molar refractivity (Wildman–Crippen MR) is 203 cm³/mol. The second kappa shape index (κ2) is 24.6. The van der Waals surface area contributed by atoms with Crippen LogP contribution in [-0.4, -0.2) is 51.0 Å². The summed E-state index contributed by atoms with van der Waals surface area (Å²) in [6.07, 6.45) is 20.2. The van der Waals surface area contributed by atoms with Crippen molar-refractivity contribution in [1.82, 2.24) is 0 Å². The third-order valence-electron chi connectivity index (χ3n) is 11.0. The molecule has 0 N–H and O–H groups in total. The van der Waals surface area contributed by atoms with E-state index in [-0.39, 0.29) is 41.6 Å². The van der Waals surface area contributed by atoms with Gasteiger partial charge in [-0.3, -0.25) is 4.79 Å². The Morgan fingerprint density at radius 2 is 0.926 bits per heavy atom. The van der Waals surface area contributed by atoms with Crippen LogP contribution in [0.2, 0.25) is 0 Å². The minimum absolute atomic E-state index is 0.00807. The van der Waals surface area contributed by atoms with Gasteiger partial charge in [0.05, 0.1) is 32.0 Å². The lowest BCUT2D eigenvalue weighted by molar-refractivity contribution is -0.119. The van der Waals surface area contributed by atoms with Crippen LogP contribution < -0.4 is 14.2 Å². The van der Waals surface area contributed by atoms with Crippen LogP contribution in [-0.2, 0) is 14.3 Å². The molecule has 0 heterocycles. The van der Waals surface area contributed by atoms with Gasteiger partial charge in [0.25, 0.3) is 0 Å². The largest absolute Gasteiger partial charge is 0.491 e. The fourth-order valence-electron chi connectivity index (χ4n) is 7.51. The molecular formula is C44H64F4O6. The first-order valence-electron chi connectivity index (χ1n) is 20.8. The van der Waals surface area contributed by atoms with E-state index in [0.29, 0.717) is 43.7 Å². The van der Waals surface area contributed by atoms with Crippen LogP contribution in [0.3, 0.4) is 0 Å². The van der Waals surface area contributed by atoms with Crippen LogP contribution in [0.5, 0.6) is 17.2 Å². The summed E-state index contributed by atoms with van der Waals surface area (Å²) >= 11 is 0. The van der Waals surface area contributed by atoms with E-state index >= 15 is 0 Å². The number of carbonyl (C=O) groups is 1. The van der Waals surface area contributed by atoms with Gasteiger partial charge in [0.15, 0.2) is 23.1 Å². The molecule has 0 atom stereocenters. The summed E-state index contributed by atoms with van der Waals surface area (Å²) < 4.78 is 84.7. The first-order chi connectivity index (χ1) is 26.2. The van der Waals surface area contributed by atoms with Crippen LogP contribution in [0, 0.1) is 42.0 Å². The summed E-state index contributed by atoms with van der Waals surface area (Å²) in [7, 11) is 0. The highest BCUT2D eigenvalue weighted by Gasteiger charge is 2.25. The van der Waals surface area contributed by atoms with Crippen molar-refractivity contribution in [2.24, 2.45) is 11.8 Å². The molecule has 0 amide bonds. The third-order valence-corrected chi connectivity index (χ3v) is 11.0. The Morgan fingerprint density at radius 1 is 0.537 bits per heavy atom. The number of halogens is 4. The number of aryl methyl sites for hydroxylation is 1. The summed E-state index contributed by atoms with van der Waals surface area (Å²) in [4.78, 5) is 12.3. The van der Waals surface area contributed by atoms with E-state index in [2.05, 4.69) is 0 Å². The van der Waals surface area contributed by atoms with Gasteiger partial charge in [-0.15, -0.1) is 0 Å². The highest BCUT2D eigenvalue weighted by molar-refractivity contribution is 5.78. The van der Waals surface area contributed by atoms with Crippen molar-refractivity contribution in [1.29, 1.82) is 0 Å².